The number of ether oxygens (including phenoxy) is 2. The average molecular weight is 454 g/mol. The molecule has 0 fully saturated rings. The predicted molar refractivity (Wildman–Crippen MR) is 118 cm³/mol. The minimum atomic E-state index is -0.667. The molecule has 2 N–H and O–H groups in total. The Kier molecular flexibility index (Phi) is 6.04. The molecule has 0 atom stereocenters. The molecular formula is C23H17ClFN3O4. The zero-order chi connectivity index (χ0) is 22.7. The summed E-state index contributed by atoms with van der Waals surface area (Å²) in [6, 6.07) is 16.0. The van der Waals surface area contributed by atoms with Crippen molar-refractivity contribution >= 4 is 40.2 Å². The molecule has 3 aromatic carbocycles. The molecule has 0 aliphatic heterocycles. The Balaban J connectivity index is 1.41. The topological polar surface area (TPSA) is 93.3 Å². The Bertz CT molecular complexity index is 1300. The highest BCUT2D eigenvalue weighted by atomic mass is 35.5. The number of carbonyl (C=O) groups is 2. The van der Waals surface area contributed by atoms with Gasteiger partial charge < -0.3 is 19.8 Å². The molecule has 0 spiro atoms. The SMILES string of the molecule is COc1ccc(-c2nc3ccc(C(=O)OCC(=O)Nc4ccc(F)c(Cl)c4)cc3[nH]2)cc1. The molecular weight excluding hydrogens is 437 g/mol. The molecule has 0 saturated carbocycles. The summed E-state index contributed by atoms with van der Waals surface area (Å²) in [5.74, 6) is -0.461. The second-order valence-electron chi connectivity index (χ2n) is 6.80. The van der Waals surface area contributed by atoms with Crippen LogP contribution in [0.1, 0.15) is 10.4 Å². The number of rotatable bonds is 6. The second kappa shape index (κ2) is 9.07. The van der Waals surface area contributed by atoms with Crippen molar-refractivity contribution in [1.82, 2.24) is 9.97 Å². The van der Waals surface area contributed by atoms with Crippen molar-refractivity contribution in [3.8, 4) is 17.1 Å². The van der Waals surface area contributed by atoms with Gasteiger partial charge >= 0.3 is 5.97 Å². The number of nitrogens with zero attached hydrogens (tertiary/aromatic N) is 1. The second-order valence-corrected chi connectivity index (χ2v) is 7.21. The van der Waals surface area contributed by atoms with Crippen molar-refractivity contribution < 1.29 is 23.5 Å². The van der Waals surface area contributed by atoms with Gasteiger partial charge in [-0.3, -0.25) is 4.79 Å². The molecule has 1 amide bonds. The summed E-state index contributed by atoms with van der Waals surface area (Å²) < 4.78 is 23.4. The summed E-state index contributed by atoms with van der Waals surface area (Å²) in [7, 11) is 1.60. The van der Waals surface area contributed by atoms with Crippen LogP contribution in [-0.2, 0) is 9.53 Å². The van der Waals surface area contributed by atoms with E-state index in [1.54, 1.807) is 25.3 Å². The summed E-state index contributed by atoms with van der Waals surface area (Å²) >= 11 is 5.68. The Morgan fingerprint density at radius 2 is 1.88 bits per heavy atom. The van der Waals surface area contributed by atoms with Gasteiger partial charge in [0.05, 0.1) is 28.7 Å². The number of anilines is 1. The highest BCUT2D eigenvalue weighted by Gasteiger charge is 2.14. The molecule has 0 unspecified atom stereocenters. The van der Waals surface area contributed by atoms with E-state index >= 15 is 0 Å². The maximum absolute atomic E-state index is 13.2. The summed E-state index contributed by atoms with van der Waals surface area (Å²) in [5, 5.41) is 2.36. The fraction of sp³-hybridized carbons (Fsp3) is 0.0870. The minimum Gasteiger partial charge on any atom is -0.497 e. The van der Waals surface area contributed by atoms with Crippen LogP contribution in [0.15, 0.2) is 60.7 Å². The van der Waals surface area contributed by atoms with Crippen LogP contribution >= 0.6 is 11.6 Å². The van der Waals surface area contributed by atoms with E-state index in [4.69, 9.17) is 21.1 Å². The molecule has 162 valence electrons. The summed E-state index contributed by atoms with van der Waals surface area (Å²) in [6.45, 7) is -0.508. The number of methoxy groups -OCH3 is 1. The number of amides is 1. The first-order valence-electron chi connectivity index (χ1n) is 9.49. The number of benzene rings is 3. The molecule has 0 bridgehead atoms. The number of nitrogens with one attached hydrogen (secondary N) is 2. The smallest absolute Gasteiger partial charge is 0.338 e. The zero-order valence-corrected chi connectivity index (χ0v) is 17.6. The maximum atomic E-state index is 13.2. The van der Waals surface area contributed by atoms with E-state index in [-0.39, 0.29) is 10.6 Å². The first kappa shape index (κ1) is 21.3. The zero-order valence-electron chi connectivity index (χ0n) is 16.8. The molecule has 9 heteroatoms. The van der Waals surface area contributed by atoms with E-state index in [9.17, 15) is 14.0 Å². The van der Waals surface area contributed by atoms with Crippen LogP contribution < -0.4 is 10.1 Å². The number of esters is 1. The van der Waals surface area contributed by atoms with Crippen LogP contribution in [0.25, 0.3) is 22.4 Å². The fourth-order valence-corrected chi connectivity index (χ4v) is 3.19. The number of aromatic nitrogens is 2. The lowest BCUT2D eigenvalue weighted by molar-refractivity contribution is -0.119. The minimum absolute atomic E-state index is 0.123. The average Bonchev–Trinajstić information content (AvgIpc) is 3.23. The van der Waals surface area contributed by atoms with Gasteiger partial charge in [0.25, 0.3) is 5.91 Å². The van der Waals surface area contributed by atoms with E-state index in [0.717, 1.165) is 17.4 Å². The van der Waals surface area contributed by atoms with E-state index < -0.39 is 24.3 Å². The van der Waals surface area contributed by atoms with Gasteiger partial charge in [-0.15, -0.1) is 0 Å². The largest absolute Gasteiger partial charge is 0.497 e. The maximum Gasteiger partial charge on any atom is 0.338 e. The summed E-state index contributed by atoms with van der Waals surface area (Å²) in [4.78, 5) is 32.1. The van der Waals surface area contributed by atoms with Gasteiger partial charge in [-0.25, -0.2) is 14.2 Å². The molecule has 0 saturated heterocycles. The Labute approximate surface area is 187 Å². The number of halogens is 2. The van der Waals surface area contributed by atoms with E-state index in [1.807, 2.05) is 24.3 Å². The molecule has 1 aromatic heterocycles. The van der Waals surface area contributed by atoms with Crippen LogP contribution in [0.3, 0.4) is 0 Å². The number of fused-ring (bicyclic) bond motifs is 1. The van der Waals surface area contributed by atoms with Crippen molar-refractivity contribution in [3.63, 3.8) is 0 Å². The number of hydrogen-bond acceptors (Lipinski definition) is 5. The van der Waals surface area contributed by atoms with Gasteiger partial charge in [-0.05, 0) is 60.7 Å². The van der Waals surface area contributed by atoms with Crippen molar-refractivity contribution in [3.05, 3.63) is 77.1 Å². The number of H-pyrrole nitrogens is 1. The summed E-state index contributed by atoms with van der Waals surface area (Å²) in [6.07, 6.45) is 0. The highest BCUT2D eigenvalue weighted by molar-refractivity contribution is 6.31. The molecule has 0 aliphatic carbocycles. The number of hydrogen-bond donors (Lipinski definition) is 2. The van der Waals surface area contributed by atoms with Crippen LogP contribution in [0, 0.1) is 5.82 Å². The molecule has 0 radical (unpaired) electrons. The van der Waals surface area contributed by atoms with Crippen molar-refractivity contribution in [2.45, 2.75) is 0 Å². The van der Waals surface area contributed by atoms with E-state index in [2.05, 4.69) is 15.3 Å². The van der Waals surface area contributed by atoms with Crippen LogP contribution in [-0.4, -0.2) is 35.6 Å². The predicted octanol–water partition coefficient (Wildman–Crippen LogP) is 4.83. The molecule has 32 heavy (non-hydrogen) atoms. The fourth-order valence-electron chi connectivity index (χ4n) is 3.01. The first-order chi connectivity index (χ1) is 15.4. The third-order valence-electron chi connectivity index (χ3n) is 4.62. The third kappa shape index (κ3) is 4.70. The Hall–Kier alpha value is -3.91. The highest BCUT2D eigenvalue weighted by Crippen LogP contribution is 2.24. The Morgan fingerprint density at radius 3 is 2.59 bits per heavy atom. The van der Waals surface area contributed by atoms with Gasteiger partial charge in [0, 0.05) is 11.3 Å². The van der Waals surface area contributed by atoms with E-state index in [1.165, 1.54) is 12.1 Å². The lowest BCUT2D eigenvalue weighted by Gasteiger charge is -2.07. The number of carbonyl (C=O) groups excluding carboxylic acids is 2. The normalized spacial score (nSPS) is 10.7. The van der Waals surface area contributed by atoms with Gasteiger partial charge in [-0.2, -0.15) is 0 Å². The van der Waals surface area contributed by atoms with Crippen molar-refractivity contribution in [2.75, 3.05) is 19.0 Å². The van der Waals surface area contributed by atoms with Crippen molar-refractivity contribution in [2.24, 2.45) is 0 Å². The lowest BCUT2D eigenvalue weighted by Crippen LogP contribution is -2.21. The van der Waals surface area contributed by atoms with Crippen molar-refractivity contribution in [1.29, 1.82) is 0 Å². The van der Waals surface area contributed by atoms with E-state index in [0.29, 0.717) is 22.5 Å². The molecule has 1 heterocycles. The van der Waals surface area contributed by atoms with Gasteiger partial charge in [-0.1, -0.05) is 11.6 Å². The monoisotopic (exact) mass is 453 g/mol. The van der Waals surface area contributed by atoms with Crippen LogP contribution in [0.2, 0.25) is 5.02 Å². The summed E-state index contributed by atoms with van der Waals surface area (Å²) in [5.41, 5.74) is 2.75. The first-order valence-corrected chi connectivity index (χ1v) is 9.87. The van der Waals surface area contributed by atoms with Gasteiger partial charge in [0.1, 0.15) is 17.4 Å². The third-order valence-corrected chi connectivity index (χ3v) is 4.91. The van der Waals surface area contributed by atoms with Gasteiger partial charge in [0.2, 0.25) is 0 Å². The molecule has 0 aliphatic rings. The number of imidazole rings is 1. The number of aromatic amines is 1. The van der Waals surface area contributed by atoms with Gasteiger partial charge in [0.15, 0.2) is 6.61 Å². The quantitative estimate of drug-likeness (QED) is 0.408. The van der Waals surface area contributed by atoms with Crippen LogP contribution in [0.4, 0.5) is 10.1 Å². The Morgan fingerprint density at radius 1 is 1.09 bits per heavy atom. The molecule has 4 aromatic rings. The standard InChI is InChI=1S/C23H17ClFN3O4/c1-31-16-6-2-13(3-7-16)22-27-19-9-4-14(10-20(19)28-22)23(30)32-12-21(29)26-15-5-8-18(25)17(24)11-15/h2-11H,12H2,1H3,(H,26,29)(H,27,28). The molecule has 7 nitrogen and oxygen atoms in total. The lowest BCUT2D eigenvalue weighted by atomic mass is 10.2. The molecule has 4 rings (SSSR count). The van der Waals surface area contributed by atoms with Crippen LogP contribution in [0.5, 0.6) is 5.75 Å².